The lowest BCUT2D eigenvalue weighted by Crippen LogP contribution is -2.66. The molecule has 9 rings (SSSR count). The summed E-state index contributed by atoms with van der Waals surface area (Å²) in [5.74, 6) is 3.39. The maximum atomic E-state index is 18.8. The number of rotatable bonds is 19. The van der Waals surface area contributed by atoms with E-state index in [0.717, 1.165) is 19.4 Å². The molecular formula is C66H88F3N5O4Si3. The Morgan fingerprint density at radius 2 is 1.40 bits per heavy atom. The molecule has 2 atom stereocenters. The standard InChI is InChI=1S/C66H88F3N5O4Si3/c1-43(2)79(44(3)4,45(5)6)37-30-54-56(68)29-28-49-38-51(78-80(46(7)8,47(9)10)48(11)12)39-55(57(49)54)60-59(69)61-58-62(72-64(71-61)76-42-66-31-22-33-74(66)41-50(67)40-66)73(34-36-75-63(58)70-60)32-23-35-77-81(65(13,14)15,52-24-18-16-19-25-52)53-26-20-17-21-27-53/h16-21,24-29,38-39,43-48,50H,22-23,31-36,40-42H2,1-15H3/t50-,66+/m1/s1. The minimum atomic E-state index is -2.86. The second kappa shape index (κ2) is 23.8. The number of benzene rings is 4. The lowest BCUT2D eigenvalue weighted by atomic mass is 9.95. The summed E-state index contributed by atoms with van der Waals surface area (Å²) in [6.45, 7) is 36.5. The third kappa shape index (κ3) is 11.0. The number of ether oxygens (including phenoxy) is 2. The van der Waals surface area contributed by atoms with E-state index in [0.29, 0.717) is 89.0 Å². The molecular weight excluding hydrogens is 1070 g/mol. The molecule has 9 nitrogen and oxygen atoms in total. The van der Waals surface area contributed by atoms with Gasteiger partial charge in [-0.05, 0) is 98.1 Å². The van der Waals surface area contributed by atoms with Gasteiger partial charge in [-0.25, -0.2) is 18.2 Å². The largest absolute Gasteiger partial charge is 0.543 e. The van der Waals surface area contributed by atoms with Crippen LogP contribution in [0.4, 0.5) is 19.0 Å². The number of pyridine rings is 1. The van der Waals surface area contributed by atoms with Gasteiger partial charge in [0.1, 0.15) is 61.4 Å². The van der Waals surface area contributed by atoms with E-state index in [4.69, 9.17) is 33.3 Å². The van der Waals surface area contributed by atoms with Crippen molar-refractivity contribution in [1.82, 2.24) is 19.9 Å². The molecule has 2 saturated heterocycles. The predicted molar refractivity (Wildman–Crippen MR) is 334 cm³/mol. The first kappa shape index (κ1) is 60.3. The Morgan fingerprint density at radius 1 is 0.765 bits per heavy atom. The summed E-state index contributed by atoms with van der Waals surface area (Å²) < 4.78 is 79.0. The first-order valence-corrected chi connectivity index (χ1v) is 36.2. The Morgan fingerprint density at radius 3 is 1.99 bits per heavy atom. The number of hydrogen-bond acceptors (Lipinski definition) is 9. The molecule has 0 amide bonds. The van der Waals surface area contributed by atoms with Crippen molar-refractivity contribution in [2.75, 3.05) is 50.9 Å². The zero-order valence-corrected chi connectivity index (χ0v) is 53.9. The van der Waals surface area contributed by atoms with Gasteiger partial charge in [-0.3, -0.25) is 4.90 Å². The van der Waals surface area contributed by atoms with Crippen LogP contribution in [0, 0.1) is 23.1 Å². The molecule has 0 N–H and O–H groups in total. The van der Waals surface area contributed by atoms with E-state index in [1.807, 2.05) is 24.3 Å². The maximum absolute atomic E-state index is 18.8. The van der Waals surface area contributed by atoms with Gasteiger partial charge in [0.05, 0.1) is 17.6 Å². The molecule has 0 unspecified atom stereocenters. The van der Waals surface area contributed by atoms with Crippen LogP contribution in [0.5, 0.6) is 17.6 Å². The van der Waals surface area contributed by atoms with Crippen molar-refractivity contribution in [2.24, 2.45) is 0 Å². The van der Waals surface area contributed by atoms with E-state index >= 15 is 13.2 Å². The van der Waals surface area contributed by atoms with Crippen molar-refractivity contribution in [3.8, 4) is 40.4 Å². The lowest BCUT2D eigenvalue weighted by Gasteiger charge is -2.43. The van der Waals surface area contributed by atoms with Gasteiger partial charge in [-0.1, -0.05) is 177 Å². The zero-order chi connectivity index (χ0) is 58.4. The summed E-state index contributed by atoms with van der Waals surface area (Å²) in [6.07, 6.45) is 1.71. The van der Waals surface area contributed by atoms with Gasteiger partial charge in [-0.2, -0.15) is 9.97 Å². The highest BCUT2D eigenvalue weighted by Crippen LogP contribution is 2.48. The van der Waals surface area contributed by atoms with Crippen LogP contribution in [-0.4, -0.2) is 102 Å². The molecule has 0 aliphatic carbocycles. The van der Waals surface area contributed by atoms with Crippen LogP contribution in [0.1, 0.15) is 135 Å². The van der Waals surface area contributed by atoms with Gasteiger partial charge in [0.15, 0.2) is 5.82 Å². The van der Waals surface area contributed by atoms with Gasteiger partial charge < -0.3 is 23.2 Å². The first-order chi connectivity index (χ1) is 38.4. The summed E-state index contributed by atoms with van der Waals surface area (Å²) in [4.78, 5) is 19.5. The van der Waals surface area contributed by atoms with Crippen LogP contribution >= 0.6 is 0 Å². The Balaban J connectivity index is 1.22. The highest BCUT2D eigenvalue weighted by Gasteiger charge is 2.52. The molecule has 3 aliphatic heterocycles. The third-order valence-electron chi connectivity index (χ3n) is 18.7. The number of nitrogens with zero attached hydrogens (tertiary/aromatic N) is 5. The number of hydrogen-bond donors (Lipinski definition) is 0. The number of alkyl halides is 1. The average Bonchev–Trinajstić information content (AvgIpc) is 3.39. The van der Waals surface area contributed by atoms with Gasteiger partial charge >= 0.3 is 6.01 Å². The molecule has 0 bridgehead atoms. The molecule has 2 fully saturated rings. The number of halogens is 3. The van der Waals surface area contributed by atoms with Crippen molar-refractivity contribution >= 4 is 62.6 Å². The van der Waals surface area contributed by atoms with Crippen LogP contribution in [0.15, 0.2) is 84.9 Å². The minimum Gasteiger partial charge on any atom is -0.543 e. The molecule has 6 aromatic rings. The summed E-state index contributed by atoms with van der Waals surface area (Å²) in [5, 5.41) is 3.60. The summed E-state index contributed by atoms with van der Waals surface area (Å²) >= 11 is 0. The Hall–Kier alpha value is -5.25. The van der Waals surface area contributed by atoms with Gasteiger partial charge in [0.25, 0.3) is 16.6 Å². The molecule has 434 valence electrons. The molecule has 15 heteroatoms. The van der Waals surface area contributed by atoms with Crippen LogP contribution in [0.25, 0.3) is 32.9 Å². The van der Waals surface area contributed by atoms with Crippen LogP contribution in [0.2, 0.25) is 38.3 Å². The van der Waals surface area contributed by atoms with Crippen LogP contribution in [-0.2, 0) is 4.43 Å². The van der Waals surface area contributed by atoms with E-state index in [1.165, 1.54) is 16.4 Å². The number of anilines is 1. The number of fused-ring (bicyclic) bond motifs is 2. The monoisotopic (exact) mass is 1160 g/mol. The summed E-state index contributed by atoms with van der Waals surface area (Å²) in [5.41, 5.74) is 5.28. The fourth-order valence-electron chi connectivity index (χ4n) is 15.1. The van der Waals surface area contributed by atoms with E-state index in [2.05, 4.69) is 174 Å². The Labute approximate surface area is 484 Å². The molecule has 81 heavy (non-hydrogen) atoms. The molecule has 5 heterocycles. The van der Waals surface area contributed by atoms with E-state index in [-0.39, 0.29) is 63.5 Å². The smallest absolute Gasteiger partial charge is 0.319 e. The minimum absolute atomic E-state index is 0.0167. The van der Waals surface area contributed by atoms with Crippen LogP contribution < -0.4 is 29.2 Å². The second-order valence-corrected chi connectivity index (χ2v) is 41.5. The highest BCUT2D eigenvalue weighted by molar-refractivity contribution is 6.99. The lowest BCUT2D eigenvalue weighted by molar-refractivity contribution is 0.107. The van der Waals surface area contributed by atoms with E-state index in [1.54, 1.807) is 6.07 Å². The van der Waals surface area contributed by atoms with Gasteiger partial charge in [-0.15, -0.1) is 5.54 Å². The van der Waals surface area contributed by atoms with Crippen molar-refractivity contribution in [1.29, 1.82) is 0 Å². The fraction of sp³-hybridized carbons (Fsp3) is 0.530. The number of aromatic nitrogens is 3. The maximum Gasteiger partial charge on any atom is 0.319 e. The SMILES string of the molecule is CC(C)[Si](C#Cc1c(F)ccc2cc(O[Si](C(C)C)(C(C)C)C(C)C)cc(-c3nc4c5c(nc(OC[C@@]67CCCN6C[C@H](F)C7)nc5c3F)N(CCCO[Si](c3ccccc3)(c3ccccc3)C(C)(C)C)CCO4)c12)(C(C)C)C(C)C. The third-order valence-corrected chi connectivity index (χ3v) is 36.1. The van der Waals surface area contributed by atoms with E-state index < -0.39 is 48.1 Å². The van der Waals surface area contributed by atoms with Crippen LogP contribution in [0.3, 0.4) is 0 Å². The quantitative estimate of drug-likeness (QED) is 0.0447. The normalized spacial score (nSPS) is 18.2. The Bertz CT molecular complexity index is 3190. The van der Waals surface area contributed by atoms with Gasteiger partial charge in [0.2, 0.25) is 5.88 Å². The molecule has 4 aromatic carbocycles. The molecule has 0 radical (unpaired) electrons. The molecule has 3 aliphatic rings. The zero-order valence-electron chi connectivity index (χ0n) is 50.9. The fourth-order valence-corrected chi connectivity index (χ4v) is 30.1. The van der Waals surface area contributed by atoms with Crippen molar-refractivity contribution in [3.05, 3.63) is 102 Å². The van der Waals surface area contributed by atoms with Crippen molar-refractivity contribution < 1.29 is 31.5 Å². The molecule has 0 saturated carbocycles. The summed E-state index contributed by atoms with van der Waals surface area (Å²) in [7, 11) is -7.84. The highest BCUT2D eigenvalue weighted by atomic mass is 28.4. The second-order valence-electron chi connectivity index (χ2n) is 26.3. The summed E-state index contributed by atoms with van der Waals surface area (Å²) in [6, 6.07) is 28.2. The van der Waals surface area contributed by atoms with Gasteiger partial charge in [0, 0.05) is 37.1 Å². The van der Waals surface area contributed by atoms with Crippen molar-refractivity contribution in [3.63, 3.8) is 0 Å². The molecule has 0 spiro atoms. The topological polar surface area (TPSA) is 82.1 Å². The average molecular weight is 1160 g/mol. The Kier molecular flexibility index (Phi) is 17.7. The first-order valence-electron chi connectivity index (χ1n) is 30.0. The molecule has 2 aromatic heterocycles. The predicted octanol–water partition coefficient (Wildman–Crippen LogP) is 15.4. The van der Waals surface area contributed by atoms with Crippen molar-refractivity contribution in [2.45, 2.75) is 180 Å². The van der Waals surface area contributed by atoms with E-state index in [9.17, 15) is 0 Å².